The van der Waals surface area contributed by atoms with E-state index < -0.39 is 6.04 Å². The molecule has 0 saturated heterocycles. The second-order valence-electron chi connectivity index (χ2n) is 7.25. The summed E-state index contributed by atoms with van der Waals surface area (Å²) in [7, 11) is 0. The summed E-state index contributed by atoms with van der Waals surface area (Å²) in [6, 6.07) is 12.9. The van der Waals surface area contributed by atoms with E-state index in [1.807, 2.05) is 37.3 Å². The van der Waals surface area contributed by atoms with Crippen LogP contribution in [0.3, 0.4) is 0 Å². The molecule has 1 aliphatic rings. The molecular formula is C23H23NO4. The number of carbonyl (C=O) groups excluding carboxylic acids is 1. The molecule has 144 valence electrons. The number of aliphatic hydroxyl groups is 1. The van der Waals surface area contributed by atoms with Gasteiger partial charge in [-0.25, -0.2) is 0 Å². The predicted molar refractivity (Wildman–Crippen MR) is 108 cm³/mol. The van der Waals surface area contributed by atoms with Crippen LogP contribution in [0.25, 0.3) is 11.0 Å². The van der Waals surface area contributed by atoms with Gasteiger partial charge in [-0.1, -0.05) is 42.8 Å². The Morgan fingerprint density at radius 2 is 1.86 bits per heavy atom. The number of amides is 1. The number of fused-ring (bicyclic) bond motifs is 2. The number of hydrogen-bond acceptors (Lipinski definition) is 4. The molecule has 0 radical (unpaired) electrons. The predicted octanol–water partition coefficient (Wildman–Crippen LogP) is 3.59. The normalized spacial score (nSPS) is 16.0. The fourth-order valence-corrected chi connectivity index (χ4v) is 3.89. The van der Waals surface area contributed by atoms with Crippen LogP contribution in [-0.4, -0.2) is 29.1 Å². The van der Waals surface area contributed by atoms with Crippen LogP contribution in [-0.2, 0) is 6.42 Å². The van der Waals surface area contributed by atoms with Gasteiger partial charge in [-0.15, -0.1) is 0 Å². The van der Waals surface area contributed by atoms with E-state index in [0.29, 0.717) is 29.5 Å². The van der Waals surface area contributed by atoms with E-state index in [1.165, 1.54) is 5.56 Å². The van der Waals surface area contributed by atoms with Crippen molar-refractivity contribution in [2.45, 2.75) is 32.7 Å². The zero-order valence-corrected chi connectivity index (χ0v) is 16.1. The summed E-state index contributed by atoms with van der Waals surface area (Å²) >= 11 is 0. The van der Waals surface area contributed by atoms with Crippen LogP contribution < -0.4 is 5.43 Å². The fraction of sp³-hybridized carbons (Fsp3) is 0.304. The van der Waals surface area contributed by atoms with E-state index >= 15 is 0 Å². The van der Waals surface area contributed by atoms with Crippen LogP contribution in [0.5, 0.6) is 0 Å². The Balaban J connectivity index is 1.94. The van der Waals surface area contributed by atoms with Gasteiger partial charge in [0.25, 0.3) is 5.91 Å². The first-order valence-electron chi connectivity index (χ1n) is 9.63. The molecule has 0 spiro atoms. The molecule has 5 heteroatoms. The third-order valence-corrected chi connectivity index (χ3v) is 5.38. The van der Waals surface area contributed by atoms with Gasteiger partial charge >= 0.3 is 0 Å². The molecule has 1 unspecified atom stereocenters. The molecule has 0 fully saturated rings. The number of aryl methyl sites for hydroxylation is 2. The van der Waals surface area contributed by atoms with Crippen molar-refractivity contribution in [3.05, 3.63) is 80.7 Å². The average molecular weight is 377 g/mol. The van der Waals surface area contributed by atoms with Crippen molar-refractivity contribution in [1.82, 2.24) is 4.90 Å². The van der Waals surface area contributed by atoms with Crippen molar-refractivity contribution in [3.8, 4) is 0 Å². The maximum atomic E-state index is 13.4. The third-order valence-electron chi connectivity index (χ3n) is 5.38. The van der Waals surface area contributed by atoms with E-state index in [-0.39, 0.29) is 23.7 Å². The van der Waals surface area contributed by atoms with Crippen molar-refractivity contribution in [2.24, 2.45) is 0 Å². The highest BCUT2D eigenvalue weighted by Crippen LogP contribution is 2.38. The zero-order chi connectivity index (χ0) is 19.8. The van der Waals surface area contributed by atoms with Gasteiger partial charge in [-0.2, -0.15) is 0 Å². The van der Waals surface area contributed by atoms with Gasteiger partial charge in [-0.05, 0) is 43.0 Å². The van der Waals surface area contributed by atoms with Crippen molar-refractivity contribution < 1.29 is 14.3 Å². The minimum absolute atomic E-state index is 0.0236. The third kappa shape index (κ3) is 2.92. The number of carbonyl (C=O) groups is 1. The fourth-order valence-electron chi connectivity index (χ4n) is 3.89. The molecule has 1 aliphatic heterocycles. The van der Waals surface area contributed by atoms with Gasteiger partial charge in [0, 0.05) is 13.2 Å². The summed E-state index contributed by atoms with van der Waals surface area (Å²) in [4.78, 5) is 28.1. The van der Waals surface area contributed by atoms with Gasteiger partial charge in [0.1, 0.15) is 5.58 Å². The monoisotopic (exact) mass is 377 g/mol. The molecule has 0 aliphatic carbocycles. The maximum absolute atomic E-state index is 13.4. The Labute approximate surface area is 163 Å². The summed E-state index contributed by atoms with van der Waals surface area (Å²) in [6.07, 6.45) is 1.36. The first-order chi connectivity index (χ1) is 13.5. The molecule has 5 nitrogen and oxygen atoms in total. The Morgan fingerprint density at radius 3 is 2.54 bits per heavy atom. The van der Waals surface area contributed by atoms with Crippen molar-refractivity contribution in [3.63, 3.8) is 0 Å². The Bertz CT molecular complexity index is 1100. The number of nitrogens with zero attached hydrogens (tertiary/aromatic N) is 1. The molecule has 4 rings (SSSR count). The van der Waals surface area contributed by atoms with Gasteiger partial charge in [0.05, 0.1) is 17.0 Å². The van der Waals surface area contributed by atoms with Crippen LogP contribution in [0.1, 0.15) is 52.2 Å². The number of hydrogen-bond donors (Lipinski definition) is 1. The van der Waals surface area contributed by atoms with Crippen LogP contribution in [0.4, 0.5) is 0 Å². The zero-order valence-electron chi connectivity index (χ0n) is 16.1. The minimum Gasteiger partial charge on any atom is -0.450 e. The summed E-state index contributed by atoms with van der Waals surface area (Å²) in [6.45, 7) is 4.34. The molecule has 1 N–H and O–H groups in total. The molecule has 2 heterocycles. The van der Waals surface area contributed by atoms with Gasteiger partial charge < -0.3 is 14.4 Å². The van der Waals surface area contributed by atoms with E-state index in [2.05, 4.69) is 6.92 Å². The molecule has 1 aromatic heterocycles. The lowest BCUT2D eigenvalue weighted by Crippen LogP contribution is -2.31. The van der Waals surface area contributed by atoms with Gasteiger partial charge in [-0.3, -0.25) is 9.59 Å². The van der Waals surface area contributed by atoms with Crippen LogP contribution in [0, 0.1) is 6.92 Å². The lowest BCUT2D eigenvalue weighted by Gasteiger charge is -2.25. The molecule has 1 atom stereocenters. The quantitative estimate of drug-likeness (QED) is 0.738. The lowest BCUT2D eigenvalue weighted by atomic mass is 9.97. The summed E-state index contributed by atoms with van der Waals surface area (Å²) in [5, 5.41) is 9.76. The second kappa shape index (κ2) is 7.24. The first kappa shape index (κ1) is 18.4. The highest BCUT2D eigenvalue weighted by molar-refractivity contribution is 5.99. The topological polar surface area (TPSA) is 70.8 Å². The Hall–Kier alpha value is -2.92. The maximum Gasteiger partial charge on any atom is 0.290 e. The van der Waals surface area contributed by atoms with E-state index in [4.69, 9.17) is 4.42 Å². The number of rotatable bonds is 5. The SMILES string of the molecule is CCc1ccc(C2c3c(oc4ccc(C)cc4c3=O)C(=O)N2CCCO)cc1. The number of benzene rings is 2. The Kier molecular flexibility index (Phi) is 4.77. The van der Waals surface area contributed by atoms with Crippen LogP contribution >= 0.6 is 0 Å². The van der Waals surface area contributed by atoms with E-state index in [1.54, 1.807) is 17.0 Å². The smallest absolute Gasteiger partial charge is 0.290 e. The molecule has 0 bridgehead atoms. The first-order valence-corrected chi connectivity index (χ1v) is 9.63. The summed E-state index contributed by atoms with van der Waals surface area (Å²) < 4.78 is 5.91. The van der Waals surface area contributed by atoms with E-state index in [0.717, 1.165) is 17.5 Å². The highest BCUT2D eigenvalue weighted by Gasteiger charge is 2.42. The van der Waals surface area contributed by atoms with Crippen molar-refractivity contribution in [2.75, 3.05) is 13.2 Å². The lowest BCUT2D eigenvalue weighted by molar-refractivity contribution is 0.0716. The van der Waals surface area contributed by atoms with Gasteiger partial charge in [0.2, 0.25) is 5.76 Å². The van der Waals surface area contributed by atoms with Gasteiger partial charge in [0.15, 0.2) is 5.43 Å². The molecule has 1 amide bonds. The largest absolute Gasteiger partial charge is 0.450 e. The van der Waals surface area contributed by atoms with E-state index in [9.17, 15) is 14.7 Å². The Morgan fingerprint density at radius 1 is 1.11 bits per heavy atom. The molecule has 2 aromatic carbocycles. The van der Waals surface area contributed by atoms with Crippen LogP contribution in [0.15, 0.2) is 51.7 Å². The molecule has 3 aromatic rings. The summed E-state index contributed by atoms with van der Waals surface area (Å²) in [5.41, 5.74) is 3.68. The molecule has 28 heavy (non-hydrogen) atoms. The van der Waals surface area contributed by atoms with Crippen molar-refractivity contribution in [1.29, 1.82) is 0 Å². The average Bonchev–Trinajstić information content (AvgIpc) is 2.99. The second-order valence-corrected chi connectivity index (χ2v) is 7.25. The van der Waals surface area contributed by atoms with Crippen LogP contribution in [0.2, 0.25) is 0 Å². The molecular weight excluding hydrogens is 354 g/mol. The number of aliphatic hydroxyl groups excluding tert-OH is 1. The molecule has 0 saturated carbocycles. The minimum atomic E-state index is -0.499. The highest BCUT2D eigenvalue weighted by atomic mass is 16.3. The summed E-state index contributed by atoms with van der Waals surface area (Å²) in [5.74, 6) is -0.184. The van der Waals surface area contributed by atoms with Crippen molar-refractivity contribution >= 4 is 16.9 Å². The standard InChI is InChI=1S/C23H23NO4/c1-3-15-6-8-16(9-7-15)20-19-21(26)17-13-14(2)5-10-18(17)28-22(19)23(27)24(20)11-4-12-25/h5-10,13,20,25H,3-4,11-12H2,1-2H3.